The Hall–Kier alpha value is -2.15. The molecule has 2 aromatic rings. The Labute approximate surface area is 119 Å². The third-order valence-corrected chi connectivity index (χ3v) is 3.59. The van der Waals surface area contributed by atoms with Crippen LogP contribution in [0.5, 0.6) is 0 Å². The molecule has 0 bridgehead atoms. The molecular weight excluding hydrogens is 278 g/mol. The van der Waals surface area contributed by atoms with Gasteiger partial charge in [-0.1, -0.05) is 17.8 Å². The van der Waals surface area contributed by atoms with E-state index >= 15 is 0 Å². The predicted molar refractivity (Wildman–Crippen MR) is 74.9 cm³/mol. The second kappa shape index (κ2) is 6.33. The average Bonchev–Trinajstić information content (AvgIpc) is 2.41. The number of carboxylic acids is 1. The maximum absolute atomic E-state index is 11.3. The summed E-state index contributed by atoms with van der Waals surface area (Å²) in [6.07, 6.45) is 3.30. The number of carbonyl (C=O) groups is 1. The molecule has 104 valence electrons. The molecule has 7 heteroatoms. The molecule has 0 radical (unpaired) electrons. The van der Waals surface area contributed by atoms with E-state index in [0.717, 1.165) is 23.0 Å². The number of carboxylic acid groups (broad SMARTS) is 1. The molecule has 0 saturated heterocycles. The average molecular weight is 291 g/mol. The van der Waals surface area contributed by atoms with Crippen molar-refractivity contribution in [1.82, 2.24) is 14.5 Å². The molecule has 0 amide bonds. The van der Waals surface area contributed by atoms with Gasteiger partial charge in [0.2, 0.25) is 0 Å². The van der Waals surface area contributed by atoms with Crippen molar-refractivity contribution in [2.75, 3.05) is 5.75 Å². The van der Waals surface area contributed by atoms with Gasteiger partial charge < -0.3 is 9.67 Å². The minimum atomic E-state index is -0.950. The van der Waals surface area contributed by atoms with Crippen molar-refractivity contribution in [1.29, 1.82) is 0 Å². The third-order valence-electron chi connectivity index (χ3n) is 2.61. The molecule has 1 N–H and O–H groups in total. The second-order valence-electron chi connectivity index (χ2n) is 4.13. The summed E-state index contributed by atoms with van der Waals surface area (Å²) in [5.41, 5.74) is 1.50. The Morgan fingerprint density at radius 1 is 1.45 bits per heavy atom. The fourth-order valence-corrected chi connectivity index (χ4v) is 2.32. The van der Waals surface area contributed by atoms with Gasteiger partial charge in [0.25, 0.3) is 5.56 Å². The highest BCUT2D eigenvalue weighted by molar-refractivity contribution is 7.99. The van der Waals surface area contributed by atoms with Crippen LogP contribution < -0.4 is 5.56 Å². The topological polar surface area (TPSA) is 85.1 Å². The first-order chi connectivity index (χ1) is 9.56. The van der Waals surface area contributed by atoms with Crippen molar-refractivity contribution in [2.24, 2.45) is 0 Å². The molecule has 0 aliphatic heterocycles. The van der Waals surface area contributed by atoms with E-state index < -0.39 is 5.97 Å². The zero-order valence-corrected chi connectivity index (χ0v) is 11.6. The van der Waals surface area contributed by atoms with E-state index in [-0.39, 0.29) is 11.3 Å². The van der Waals surface area contributed by atoms with Crippen LogP contribution in [0.1, 0.15) is 11.3 Å². The highest BCUT2D eigenvalue weighted by Gasteiger charge is 2.08. The smallest absolute Gasteiger partial charge is 0.313 e. The van der Waals surface area contributed by atoms with Gasteiger partial charge in [0, 0.05) is 18.5 Å². The summed E-state index contributed by atoms with van der Waals surface area (Å²) in [5.74, 6) is -1.09. The molecule has 0 aliphatic rings. The van der Waals surface area contributed by atoms with Gasteiger partial charge in [-0.25, -0.2) is 0 Å². The van der Waals surface area contributed by atoms with Crippen LogP contribution >= 0.6 is 11.8 Å². The van der Waals surface area contributed by atoms with Crippen molar-refractivity contribution < 1.29 is 9.90 Å². The number of pyridine rings is 1. The van der Waals surface area contributed by atoms with Gasteiger partial charge in [-0.3, -0.25) is 14.6 Å². The zero-order valence-electron chi connectivity index (χ0n) is 10.8. The number of nitrogens with zero attached hydrogens (tertiary/aromatic N) is 3. The Morgan fingerprint density at radius 3 is 2.95 bits per heavy atom. The lowest BCUT2D eigenvalue weighted by atomic mass is 10.2. The highest BCUT2D eigenvalue weighted by Crippen LogP contribution is 2.15. The van der Waals surface area contributed by atoms with Gasteiger partial charge in [-0.05, 0) is 18.6 Å². The molecule has 0 atom stereocenters. The molecule has 2 rings (SSSR count). The van der Waals surface area contributed by atoms with Crippen LogP contribution in [-0.4, -0.2) is 31.4 Å². The lowest BCUT2D eigenvalue weighted by Crippen LogP contribution is -2.15. The number of aromatic nitrogens is 3. The van der Waals surface area contributed by atoms with Gasteiger partial charge in [0.05, 0.1) is 18.0 Å². The number of rotatable bonds is 5. The van der Waals surface area contributed by atoms with Crippen molar-refractivity contribution in [2.45, 2.75) is 18.6 Å². The fourth-order valence-electron chi connectivity index (χ4n) is 1.62. The predicted octanol–water partition coefficient (Wildman–Crippen LogP) is 1.17. The van der Waals surface area contributed by atoms with Gasteiger partial charge in [0.15, 0.2) is 5.16 Å². The first kappa shape index (κ1) is 14.3. The Bertz CT molecular complexity index is 685. The van der Waals surface area contributed by atoms with Crippen LogP contribution in [0.4, 0.5) is 0 Å². The number of thioether (sulfide) groups is 1. The molecule has 20 heavy (non-hydrogen) atoms. The monoisotopic (exact) mass is 291 g/mol. The summed E-state index contributed by atoms with van der Waals surface area (Å²) in [6, 6.07) is 5.15. The zero-order chi connectivity index (χ0) is 14.5. The fraction of sp³-hybridized carbons (Fsp3) is 0.231. The van der Waals surface area contributed by atoms with Gasteiger partial charge >= 0.3 is 5.97 Å². The second-order valence-corrected chi connectivity index (χ2v) is 5.07. The first-order valence-corrected chi connectivity index (χ1v) is 6.87. The quantitative estimate of drug-likeness (QED) is 0.657. The van der Waals surface area contributed by atoms with Crippen molar-refractivity contribution in [3.05, 3.63) is 52.2 Å². The molecular formula is C13H13N3O3S. The van der Waals surface area contributed by atoms with Gasteiger partial charge in [-0.2, -0.15) is 4.98 Å². The molecule has 0 aromatic carbocycles. The molecule has 2 aromatic heterocycles. The normalized spacial score (nSPS) is 10.4. The summed E-state index contributed by atoms with van der Waals surface area (Å²) in [4.78, 5) is 30.1. The number of hydrogen-bond acceptors (Lipinski definition) is 5. The van der Waals surface area contributed by atoms with Crippen LogP contribution in [-0.2, 0) is 11.3 Å². The van der Waals surface area contributed by atoms with E-state index in [4.69, 9.17) is 5.11 Å². The summed E-state index contributed by atoms with van der Waals surface area (Å²) in [5, 5.41) is 9.10. The van der Waals surface area contributed by atoms with Crippen LogP contribution in [0, 0.1) is 6.92 Å². The summed E-state index contributed by atoms with van der Waals surface area (Å²) >= 11 is 1.02. The van der Waals surface area contributed by atoms with Crippen molar-refractivity contribution >= 4 is 17.7 Å². The maximum Gasteiger partial charge on any atom is 0.313 e. The SMILES string of the molecule is Cc1cccnc1Cn1ccc(=O)nc1SCC(=O)O. The lowest BCUT2D eigenvalue weighted by Gasteiger charge is -2.11. The summed E-state index contributed by atoms with van der Waals surface area (Å²) < 4.78 is 1.73. The molecule has 6 nitrogen and oxygen atoms in total. The molecule has 2 heterocycles. The third kappa shape index (κ3) is 3.67. The largest absolute Gasteiger partial charge is 0.481 e. The van der Waals surface area contributed by atoms with Crippen molar-refractivity contribution in [3.8, 4) is 0 Å². The number of aryl methyl sites for hydroxylation is 1. The Balaban J connectivity index is 2.29. The standard InChI is InChI=1S/C13H13N3O3S/c1-9-3-2-5-14-10(9)7-16-6-4-11(17)15-13(16)20-8-12(18)19/h2-6H,7-8H2,1H3,(H,18,19). The first-order valence-electron chi connectivity index (χ1n) is 5.89. The van der Waals surface area contributed by atoms with Gasteiger partial charge in [0.1, 0.15) is 0 Å². The van der Waals surface area contributed by atoms with Crippen LogP contribution in [0.3, 0.4) is 0 Å². The van der Waals surface area contributed by atoms with E-state index in [9.17, 15) is 9.59 Å². The molecule has 0 fully saturated rings. The van der Waals surface area contributed by atoms with E-state index in [0.29, 0.717) is 11.7 Å². The van der Waals surface area contributed by atoms with Gasteiger partial charge in [-0.15, -0.1) is 0 Å². The maximum atomic E-state index is 11.3. The molecule has 0 saturated carbocycles. The molecule has 0 spiro atoms. The summed E-state index contributed by atoms with van der Waals surface area (Å²) in [6.45, 7) is 2.39. The minimum absolute atomic E-state index is 0.141. The molecule has 0 aliphatic carbocycles. The lowest BCUT2D eigenvalue weighted by molar-refractivity contribution is -0.133. The van der Waals surface area contributed by atoms with Crippen molar-refractivity contribution in [3.63, 3.8) is 0 Å². The van der Waals surface area contributed by atoms with Crippen LogP contribution in [0.2, 0.25) is 0 Å². The van der Waals surface area contributed by atoms with E-state index in [1.807, 2.05) is 19.1 Å². The van der Waals surface area contributed by atoms with E-state index in [1.165, 1.54) is 6.07 Å². The van der Waals surface area contributed by atoms with E-state index in [1.54, 1.807) is 17.0 Å². The van der Waals surface area contributed by atoms with Crippen LogP contribution in [0.25, 0.3) is 0 Å². The highest BCUT2D eigenvalue weighted by atomic mass is 32.2. The van der Waals surface area contributed by atoms with E-state index in [2.05, 4.69) is 9.97 Å². The Kier molecular flexibility index (Phi) is 4.52. The molecule has 0 unspecified atom stereocenters. The summed E-state index contributed by atoms with van der Waals surface area (Å²) in [7, 11) is 0. The number of aliphatic carboxylic acids is 1. The minimum Gasteiger partial charge on any atom is -0.481 e. The Morgan fingerprint density at radius 2 is 2.25 bits per heavy atom. The van der Waals surface area contributed by atoms with Crippen LogP contribution in [0.15, 0.2) is 40.5 Å². The number of hydrogen-bond donors (Lipinski definition) is 1.